The van der Waals surface area contributed by atoms with Crippen molar-refractivity contribution in [1.82, 2.24) is 15.2 Å². The number of hydrogen-bond acceptors (Lipinski definition) is 7. The van der Waals surface area contributed by atoms with E-state index in [1.807, 2.05) is 60.9 Å². The van der Waals surface area contributed by atoms with Crippen molar-refractivity contribution >= 4 is 47.3 Å². The van der Waals surface area contributed by atoms with Gasteiger partial charge in [0.15, 0.2) is 0 Å². The Labute approximate surface area is 165 Å². The Morgan fingerprint density at radius 1 is 1.19 bits per heavy atom. The van der Waals surface area contributed by atoms with Crippen LogP contribution >= 0.6 is 23.5 Å². The lowest BCUT2D eigenvalue weighted by molar-refractivity contribution is -0.113. The molecule has 1 aromatic heterocycles. The number of benzene rings is 2. The van der Waals surface area contributed by atoms with E-state index in [4.69, 9.17) is 0 Å². The number of carbonyl (C=O) groups excluding carboxylic acids is 1. The summed E-state index contributed by atoms with van der Waals surface area (Å²) in [5, 5.41) is 14.3. The number of hydrazone groups is 1. The lowest BCUT2D eigenvalue weighted by Crippen LogP contribution is -2.14. The van der Waals surface area contributed by atoms with E-state index in [1.165, 1.54) is 11.8 Å². The van der Waals surface area contributed by atoms with Gasteiger partial charge < -0.3 is 5.32 Å². The van der Waals surface area contributed by atoms with Gasteiger partial charge in [-0.3, -0.25) is 4.79 Å². The van der Waals surface area contributed by atoms with E-state index < -0.39 is 0 Å². The molecule has 3 N–H and O–H groups in total. The van der Waals surface area contributed by atoms with Crippen molar-refractivity contribution < 1.29 is 4.79 Å². The minimum Gasteiger partial charge on any atom is -0.324 e. The van der Waals surface area contributed by atoms with Crippen LogP contribution in [0, 0.1) is 0 Å². The molecule has 9 heteroatoms. The van der Waals surface area contributed by atoms with Gasteiger partial charge in [-0.25, -0.2) is 10.5 Å². The van der Waals surface area contributed by atoms with Crippen molar-refractivity contribution in [1.29, 1.82) is 0 Å². The van der Waals surface area contributed by atoms with E-state index in [9.17, 15) is 4.79 Å². The van der Waals surface area contributed by atoms with Crippen molar-refractivity contribution in [2.45, 2.75) is 10.1 Å². The molecule has 138 valence electrons. The number of nitrogens with zero attached hydrogens (tertiary/aromatic N) is 3. The third-order valence-electron chi connectivity index (χ3n) is 3.36. The second-order valence-corrected chi connectivity index (χ2v) is 7.07. The zero-order chi connectivity index (χ0) is 18.9. The van der Waals surface area contributed by atoms with E-state index in [-0.39, 0.29) is 11.7 Å². The average molecular weight is 399 g/mol. The summed E-state index contributed by atoms with van der Waals surface area (Å²) in [6, 6.07) is 17.4. The number of thioether (sulfide) groups is 2. The van der Waals surface area contributed by atoms with Gasteiger partial charge in [-0.1, -0.05) is 54.2 Å². The highest BCUT2D eigenvalue weighted by molar-refractivity contribution is 7.99. The molecule has 0 unspecified atom stereocenters. The van der Waals surface area contributed by atoms with Crippen molar-refractivity contribution in [2.75, 3.05) is 22.8 Å². The monoisotopic (exact) mass is 398 g/mol. The maximum atomic E-state index is 12.1. The normalized spacial score (nSPS) is 10.9. The molecular formula is C18H18N6OS2. The molecule has 7 nitrogen and oxygen atoms in total. The summed E-state index contributed by atoms with van der Waals surface area (Å²) in [5.41, 5.74) is 4.56. The fourth-order valence-electron chi connectivity index (χ4n) is 2.13. The number of hydrogen-bond donors (Lipinski definition) is 3. The first kappa shape index (κ1) is 19.0. The Kier molecular flexibility index (Phi) is 6.89. The molecule has 0 bridgehead atoms. The first-order chi connectivity index (χ1) is 13.2. The van der Waals surface area contributed by atoms with Gasteiger partial charge in [-0.2, -0.15) is 10.1 Å². The van der Waals surface area contributed by atoms with Crippen molar-refractivity contribution in [3.8, 4) is 0 Å². The predicted molar refractivity (Wildman–Crippen MR) is 112 cm³/mol. The van der Waals surface area contributed by atoms with Crippen molar-refractivity contribution in [2.24, 2.45) is 5.10 Å². The van der Waals surface area contributed by atoms with E-state index in [2.05, 4.69) is 31.0 Å². The Morgan fingerprint density at radius 3 is 2.78 bits per heavy atom. The molecule has 0 fully saturated rings. The van der Waals surface area contributed by atoms with Gasteiger partial charge in [0, 0.05) is 4.90 Å². The Bertz CT molecular complexity index is 913. The summed E-state index contributed by atoms with van der Waals surface area (Å²) in [6.45, 7) is 0. The lowest BCUT2D eigenvalue weighted by atomic mass is 10.2. The van der Waals surface area contributed by atoms with Crippen LogP contribution in [0.5, 0.6) is 0 Å². The van der Waals surface area contributed by atoms with Gasteiger partial charge in [-0.15, -0.1) is 16.9 Å². The summed E-state index contributed by atoms with van der Waals surface area (Å²) in [7, 11) is 0. The highest BCUT2D eigenvalue weighted by Gasteiger charge is 2.09. The number of aromatic amines is 1. The number of para-hydroxylation sites is 1. The quantitative estimate of drug-likeness (QED) is 0.304. The number of anilines is 2. The van der Waals surface area contributed by atoms with Crippen LogP contribution in [0.2, 0.25) is 0 Å². The fraction of sp³-hybridized carbons (Fsp3) is 0.111. The van der Waals surface area contributed by atoms with Crippen LogP contribution in [0.4, 0.5) is 11.6 Å². The van der Waals surface area contributed by atoms with Gasteiger partial charge in [-0.05, 0) is 24.0 Å². The third kappa shape index (κ3) is 5.87. The molecule has 3 aromatic rings. The van der Waals surface area contributed by atoms with Gasteiger partial charge in [0.2, 0.25) is 17.0 Å². The second-order valence-electron chi connectivity index (χ2n) is 5.28. The molecule has 0 aliphatic carbocycles. The van der Waals surface area contributed by atoms with Crippen LogP contribution in [0.3, 0.4) is 0 Å². The summed E-state index contributed by atoms with van der Waals surface area (Å²) in [5.74, 6) is 0.522. The Balaban J connectivity index is 1.47. The molecule has 27 heavy (non-hydrogen) atoms. The minimum atomic E-state index is -0.108. The van der Waals surface area contributed by atoms with Crippen molar-refractivity contribution in [3.05, 3.63) is 60.2 Å². The molecule has 1 heterocycles. The molecule has 0 saturated carbocycles. The van der Waals surface area contributed by atoms with Crippen LogP contribution in [0.1, 0.15) is 5.56 Å². The summed E-state index contributed by atoms with van der Waals surface area (Å²) >= 11 is 2.84. The summed E-state index contributed by atoms with van der Waals surface area (Å²) in [4.78, 5) is 17.4. The standard InChI is InChI=1S/C18H18N6OS2/c1-26-15-10-6-5-9-14(15)20-16(25)12-27-18-21-17(23-24-18)22-19-11-13-7-3-2-4-8-13/h2-11H,12H2,1H3,(H,20,25)(H2,21,22,23,24)/b19-11-. The summed E-state index contributed by atoms with van der Waals surface area (Å²) < 4.78 is 0. The van der Waals surface area contributed by atoms with Crippen LogP contribution < -0.4 is 10.7 Å². The van der Waals surface area contributed by atoms with Gasteiger partial charge in [0.1, 0.15) is 0 Å². The minimum absolute atomic E-state index is 0.108. The molecule has 0 spiro atoms. The largest absolute Gasteiger partial charge is 0.324 e. The van der Waals surface area contributed by atoms with Crippen LogP contribution in [0.15, 0.2) is 69.8 Å². The highest BCUT2D eigenvalue weighted by Crippen LogP contribution is 2.25. The molecular weight excluding hydrogens is 380 g/mol. The van der Waals surface area contributed by atoms with Crippen LogP contribution in [0.25, 0.3) is 0 Å². The number of rotatable bonds is 8. The number of carbonyl (C=O) groups is 1. The Hall–Kier alpha value is -2.78. The second kappa shape index (κ2) is 9.79. The number of H-pyrrole nitrogens is 1. The molecule has 1 amide bonds. The van der Waals surface area contributed by atoms with E-state index >= 15 is 0 Å². The number of aromatic nitrogens is 3. The van der Waals surface area contributed by atoms with E-state index in [0.29, 0.717) is 11.1 Å². The SMILES string of the molecule is CSc1ccccc1NC(=O)CSc1n[nH]c(N/N=C\c2ccccc2)n1. The highest BCUT2D eigenvalue weighted by atomic mass is 32.2. The van der Waals surface area contributed by atoms with Crippen LogP contribution in [-0.4, -0.2) is 39.3 Å². The molecule has 0 aliphatic rings. The summed E-state index contributed by atoms with van der Waals surface area (Å²) in [6.07, 6.45) is 3.66. The molecule has 0 saturated heterocycles. The topological polar surface area (TPSA) is 95.1 Å². The molecule has 3 rings (SSSR count). The predicted octanol–water partition coefficient (Wildman–Crippen LogP) is 3.70. The maximum Gasteiger partial charge on any atom is 0.240 e. The molecule has 0 aliphatic heterocycles. The van der Waals surface area contributed by atoms with E-state index in [0.717, 1.165) is 16.1 Å². The average Bonchev–Trinajstić information content (AvgIpc) is 3.15. The van der Waals surface area contributed by atoms with E-state index in [1.54, 1.807) is 18.0 Å². The third-order valence-corrected chi connectivity index (χ3v) is 5.01. The van der Waals surface area contributed by atoms with Crippen molar-refractivity contribution in [3.63, 3.8) is 0 Å². The fourth-order valence-corrected chi connectivity index (χ4v) is 3.28. The molecule has 0 radical (unpaired) electrons. The zero-order valence-corrected chi connectivity index (χ0v) is 16.2. The first-order valence-electron chi connectivity index (χ1n) is 8.07. The Morgan fingerprint density at radius 2 is 1.96 bits per heavy atom. The number of nitrogens with one attached hydrogen (secondary N) is 3. The van der Waals surface area contributed by atoms with Gasteiger partial charge >= 0.3 is 0 Å². The lowest BCUT2D eigenvalue weighted by Gasteiger charge is -2.08. The van der Waals surface area contributed by atoms with Gasteiger partial charge in [0.05, 0.1) is 17.7 Å². The van der Waals surface area contributed by atoms with Gasteiger partial charge in [0.25, 0.3) is 0 Å². The maximum absolute atomic E-state index is 12.1. The number of amides is 1. The zero-order valence-electron chi connectivity index (χ0n) is 14.5. The first-order valence-corrected chi connectivity index (χ1v) is 10.3. The molecule has 0 atom stereocenters. The van der Waals surface area contributed by atoms with Crippen LogP contribution in [-0.2, 0) is 4.79 Å². The smallest absolute Gasteiger partial charge is 0.240 e. The molecule has 2 aromatic carbocycles.